The number of hydrogen-bond acceptors (Lipinski definition) is 6. The zero-order valence-electron chi connectivity index (χ0n) is 20.8. The number of alkyl halides is 3. The third-order valence-electron chi connectivity index (χ3n) is 6.69. The molecule has 1 fully saturated rings. The molecule has 4 rings (SSSR count). The second-order valence-electron chi connectivity index (χ2n) is 9.13. The van der Waals surface area contributed by atoms with Gasteiger partial charge in [0.05, 0.1) is 5.52 Å². The van der Waals surface area contributed by atoms with E-state index in [9.17, 15) is 22.4 Å². The molecule has 0 amide bonds. The molecule has 2 aromatic heterocycles. The van der Waals surface area contributed by atoms with Crippen molar-refractivity contribution in [2.24, 2.45) is 7.05 Å². The Hall–Kier alpha value is -3.72. The molecule has 0 saturated carbocycles. The van der Waals surface area contributed by atoms with E-state index in [4.69, 9.17) is 6.57 Å². The second-order valence-corrected chi connectivity index (χ2v) is 9.13. The Morgan fingerprint density at radius 1 is 1.16 bits per heavy atom. The highest BCUT2D eigenvalue weighted by Crippen LogP contribution is 2.35. The fourth-order valence-corrected chi connectivity index (χ4v) is 4.95. The first-order valence-corrected chi connectivity index (χ1v) is 11.8. The molecule has 0 aliphatic carbocycles. The van der Waals surface area contributed by atoms with Crippen molar-refractivity contribution >= 4 is 22.7 Å². The van der Waals surface area contributed by atoms with Crippen LogP contribution in [0.25, 0.3) is 15.9 Å². The maximum atomic E-state index is 14.9. The van der Waals surface area contributed by atoms with Gasteiger partial charge in [-0.3, -0.25) is 9.47 Å². The first kappa shape index (κ1) is 26.3. The molecule has 3 heterocycles. The number of ether oxygens (including phenoxy) is 1. The highest BCUT2D eigenvalue weighted by atomic mass is 19.4. The Kier molecular flexibility index (Phi) is 7.10. The van der Waals surface area contributed by atoms with Gasteiger partial charge in [-0.2, -0.15) is 4.98 Å². The minimum atomic E-state index is -4.90. The molecule has 196 valence electrons. The summed E-state index contributed by atoms with van der Waals surface area (Å²) < 4.78 is 57.8. The lowest BCUT2D eigenvalue weighted by molar-refractivity contribution is -0.274. The molecule has 3 atom stereocenters. The van der Waals surface area contributed by atoms with E-state index < -0.39 is 23.6 Å². The summed E-state index contributed by atoms with van der Waals surface area (Å²) in [6, 6.07) is 5.75. The lowest BCUT2D eigenvalue weighted by Crippen LogP contribution is -2.58. The minimum Gasteiger partial charge on any atom is -0.406 e. The van der Waals surface area contributed by atoms with E-state index in [1.165, 1.54) is 10.6 Å². The summed E-state index contributed by atoms with van der Waals surface area (Å²) in [4.78, 5) is 28.8. The summed E-state index contributed by atoms with van der Waals surface area (Å²) in [6.45, 7) is 14.0. The van der Waals surface area contributed by atoms with Crippen molar-refractivity contribution in [2.75, 3.05) is 18.0 Å². The van der Waals surface area contributed by atoms with Crippen LogP contribution in [0.2, 0.25) is 0 Å². The number of rotatable bonds is 5. The molecular formula is C25H26F4N6O2. The van der Waals surface area contributed by atoms with E-state index in [0.717, 1.165) is 12.1 Å². The average Bonchev–Trinajstić information content (AvgIpc) is 2.83. The lowest BCUT2D eigenvalue weighted by atomic mass is 9.97. The first-order valence-electron chi connectivity index (χ1n) is 11.8. The quantitative estimate of drug-likeness (QED) is 0.351. The largest absolute Gasteiger partial charge is 0.573 e. The van der Waals surface area contributed by atoms with Crippen LogP contribution in [0.1, 0.15) is 38.8 Å². The predicted octanol–water partition coefficient (Wildman–Crippen LogP) is 4.97. The number of aromatic nitrogens is 3. The molecule has 1 unspecified atom stereocenters. The van der Waals surface area contributed by atoms with E-state index in [1.807, 2.05) is 25.7 Å². The SMILES string of the molecule is [C-]#[N+]c1ccc2c(n1)c(N1C[C@@H](C)N(C(CC)c3ccc(OC(F)(F)F)cc3F)C[C@@H]1C)nc(=O)n2C. The number of aryl methyl sites for hydroxylation is 1. The predicted molar refractivity (Wildman–Crippen MR) is 130 cm³/mol. The zero-order valence-corrected chi connectivity index (χ0v) is 20.8. The van der Waals surface area contributed by atoms with Gasteiger partial charge in [-0.1, -0.05) is 19.6 Å². The number of piperazine rings is 1. The summed E-state index contributed by atoms with van der Waals surface area (Å²) in [5.41, 5.74) is 0.836. The molecule has 0 radical (unpaired) electrons. The zero-order chi connectivity index (χ0) is 27.1. The number of benzene rings is 1. The van der Waals surface area contributed by atoms with Gasteiger partial charge in [0.25, 0.3) is 5.82 Å². The normalized spacial score (nSPS) is 19.6. The first-order chi connectivity index (χ1) is 17.4. The van der Waals surface area contributed by atoms with Crippen molar-refractivity contribution in [3.8, 4) is 5.75 Å². The van der Waals surface area contributed by atoms with Crippen molar-refractivity contribution < 1.29 is 22.3 Å². The summed E-state index contributed by atoms with van der Waals surface area (Å²) >= 11 is 0. The number of fused-ring (bicyclic) bond motifs is 1. The van der Waals surface area contributed by atoms with Crippen LogP contribution < -0.4 is 15.3 Å². The van der Waals surface area contributed by atoms with Crippen LogP contribution in [0, 0.1) is 12.4 Å². The molecule has 12 heteroatoms. The van der Waals surface area contributed by atoms with E-state index in [2.05, 4.69) is 24.4 Å². The maximum absolute atomic E-state index is 14.9. The molecule has 0 N–H and O–H groups in total. The van der Waals surface area contributed by atoms with Gasteiger partial charge in [0.2, 0.25) is 5.52 Å². The number of pyridine rings is 1. The van der Waals surface area contributed by atoms with Crippen LogP contribution in [-0.2, 0) is 7.05 Å². The van der Waals surface area contributed by atoms with Crippen molar-refractivity contribution in [2.45, 2.75) is 51.7 Å². The van der Waals surface area contributed by atoms with Gasteiger partial charge in [-0.25, -0.2) is 9.18 Å². The van der Waals surface area contributed by atoms with Gasteiger partial charge in [0.15, 0.2) is 5.82 Å². The molecule has 3 aromatic rings. The minimum absolute atomic E-state index is 0.128. The summed E-state index contributed by atoms with van der Waals surface area (Å²) in [5, 5.41) is 0. The summed E-state index contributed by atoms with van der Waals surface area (Å²) in [6.07, 6.45) is -4.38. The van der Waals surface area contributed by atoms with Gasteiger partial charge in [0.1, 0.15) is 11.6 Å². The van der Waals surface area contributed by atoms with Crippen molar-refractivity contribution in [3.05, 3.63) is 63.6 Å². The molecule has 0 bridgehead atoms. The van der Waals surface area contributed by atoms with Crippen LogP contribution >= 0.6 is 0 Å². The average molecular weight is 519 g/mol. The van der Waals surface area contributed by atoms with Gasteiger partial charge in [0, 0.05) is 49.9 Å². The molecule has 1 aromatic carbocycles. The third kappa shape index (κ3) is 5.22. The summed E-state index contributed by atoms with van der Waals surface area (Å²) in [7, 11) is 1.59. The Bertz CT molecular complexity index is 1420. The van der Waals surface area contributed by atoms with Crippen molar-refractivity contribution in [1.29, 1.82) is 0 Å². The fourth-order valence-electron chi connectivity index (χ4n) is 4.95. The highest BCUT2D eigenvalue weighted by molar-refractivity contribution is 5.87. The Labute approximate surface area is 210 Å². The van der Waals surface area contributed by atoms with Gasteiger partial charge >= 0.3 is 12.1 Å². The Morgan fingerprint density at radius 3 is 2.51 bits per heavy atom. The third-order valence-corrected chi connectivity index (χ3v) is 6.69. The fraction of sp³-hybridized carbons (Fsp3) is 0.440. The lowest BCUT2D eigenvalue weighted by Gasteiger charge is -2.47. The van der Waals surface area contributed by atoms with E-state index >= 15 is 0 Å². The van der Waals surface area contributed by atoms with Gasteiger partial charge in [-0.05, 0) is 38.5 Å². The van der Waals surface area contributed by atoms with Crippen LogP contribution in [0.15, 0.2) is 35.1 Å². The number of hydrogen-bond donors (Lipinski definition) is 0. The molecule has 0 spiro atoms. The van der Waals surface area contributed by atoms with Crippen molar-refractivity contribution in [3.63, 3.8) is 0 Å². The summed E-state index contributed by atoms with van der Waals surface area (Å²) in [5.74, 6) is -0.806. The molecule has 1 saturated heterocycles. The van der Waals surface area contributed by atoms with Crippen LogP contribution in [0.4, 0.5) is 29.2 Å². The molecule has 8 nitrogen and oxygen atoms in total. The molecule has 37 heavy (non-hydrogen) atoms. The Balaban J connectivity index is 1.65. The van der Waals surface area contributed by atoms with Crippen LogP contribution in [-0.4, -0.2) is 51.0 Å². The second kappa shape index (κ2) is 9.97. The molecular weight excluding hydrogens is 492 g/mol. The van der Waals surface area contributed by atoms with Crippen LogP contribution in [0.3, 0.4) is 0 Å². The monoisotopic (exact) mass is 518 g/mol. The Morgan fingerprint density at radius 2 is 1.89 bits per heavy atom. The molecule has 1 aliphatic rings. The van der Waals surface area contributed by atoms with E-state index in [0.29, 0.717) is 36.4 Å². The van der Waals surface area contributed by atoms with E-state index in [-0.39, 0.29) is 29.5 Å². The standard InChI is InChI=1S/C25H26F4N6O2/c1-6-19(17-8-7-16(11-18(17)26)37-25(27,28)29)34-12-15(3)35(13-14(34)2)23-22-20(33(5)24(36)32-23)9-10-21(30-4)31-22/h7-11,14-15,19H,6,12-13H2,1-3,5H3/t14-,15+,19?/m1/s1. The van der Waals surface area contributed by atoms with Crippen molar-refractivity contribution in [1.82, 2.24) is 19.4 Å². The number of anilines is 1. The van der Waals surface area contributed by atoms with Gasteiger partial charge in [-0.15, -0.1) is 18.2 Å². The topological polar surface area (TPSA) is 67.9 Å². The smallest absolute Gasteiger partial charge is 0.406 e. The van der Waals surface area contributed by atoms with E-state index in [1.54, 1.807) is 19.2 Å². The van der Waals surface area contributed by atoms with Gasteiger partial charge < -0.3 is 14.5 Å². The molecule has 1 aliphatic heterocycles. The number of nitrogens with zero attached hydrogens (tertiary/aromatic N) is 6. The van der Waals surface area contributed by atoms with Crippen LogP contribution in [0.5, 0.6) is 5.75 Å². The maximum Gasteiger partial charge on any atom is 0.573 e. The number of halogens is 4. The highest BCUT2D eigenvalue weighted by Gasteiger charge is 2.37.